The van der Waals surface area contributed by atoms with Crippen LogP contribution in [-0.4, -0.2) is 61.1 Å². The number of rotatable bonds is 2. The number of ether oxygens (including phenoxy) is 1. The minimum Gasteiger partial charge on any atom is -0.475 e. The number of nitrogens with one attached hydrogen (secondary N) is 1. The standard InChI is InChI=1S/C17H25N3O.C2HF3O2/c1-12-3-5-19-16(20-8-17(9-20)10-21-11-17)15(12)14-4-6-18-13(2)7-14;3-2(4,5)1(6)7/h3,5,13-14,18H,4,6-11H2,1-2H3;(H,6,7)/t13-,14?;/m1./s1. The van der Waals surface area contributed by atoms with Gasteiger partial charge in [-0.05, 0) is 50.8 Å². The van der Waals surface area contributed by atoms with Gasteiger partial charge in [0.25, 0.3) is 0 Å². The van der Waals surface area contributed by atoms with Crippen LogP contribution < -0.4 is 10.2 Å². The lowest BCUT2D eigenvalue weighted by molar-refractivity contribution is -0.192. The van der Waals surface area contributed by atoms with E-state index in [1.54, 1.807) is 0 Å². The van der Waals surface area contributed by atoms with Crippen molar-refractivity contribution in [1.82, 2.24) is 10.3 Å². The Morgan fingerprint density at radius 2 is 2.04 bits per heavy atom. The zero-order valence-corrected chi connectivity index (χ0v) is 16.1. The quantitative estimate of drug-likeness (QED) is 0.794. The highest BCUT2D eigenvalue weighted by molar-refractivity contribution is 5.73. The molecule has 3 saturated heterocycles. The first-order valence-electron chi connectivity index (χ1n) is 9.43. The van der Waals surface area contributed by atoms with Crippen LogP contribution in [0.1, 0.15) is 36.8 Å². The smallest absolute Gasteiger partial charge is 0.475 e. The van der Waals surface area contributed by atoms with Gasteiger partial charge in [-0.1, -0.05) is 0 Å². The molecule has 3 fully saturated rings. The molecular formula is C19H26F3N3O3. The number of alkyl halides is 3. The molecule has 2 atom stereocenters. The van der Waals surface area contributed by atoms with Crippen molar-refractivity contribution < 1.29 is 27.8 Å². The molecule has 0 aliphatic carbocycles. The van der Waals surface area contributed by atoms with Gasteiger partial charge in [0, 0.05) is 30.9 Å². The fourth-order valence-corrected chi connectivity index (χ4v) is 4.19. The Labute approximate surface area is 162 Å². The highest BCUT2D eigenvalue weighted by Gasteiger charge is 2.50. The molecular weight excluding hydrogens is 375 g/mol. The van der Waals surface area contributed by atoms with Gasteiger partial charge < -0.3 is 20.1 Å². The van der Waals surface area contributed by atoms with Crippen molar-refractivity contribution >= 4 is 11.8 Å². The van der Waals surface area contributed by atoms with Gasteiger partial charge in [0.2, 0.25) is 0 Å². The van der Waals surface area contributed by atoms with Crippen molar-refractivity contribution in [2.75, 3.05) is 37.7 Å². The number of aliphatic carboxylic acids is 1. The number of hydrogen-bond acceptors (Lipinski definition) is 5. The van der Waals surface area contributed by atoms with Crippen LogP contribution in [0.25, 0.3) is 0 Å². The summed E-state index contributed by atoms with van der Waals surface area (Å²) in [7, 11) is 0. The summed E-state index contributed by atoms with van der Waals surface area (Å²) in [6.45, 7) is 9.78. The second-order valence-electron chi connectivity index (χ2n) is 8.09. The molecule has 0 radical (unpaired) electrons. The zero-order valence-electron chi connectivity index (χ0n) is 16.1. The summed E-state index contributed by atoms with van der Waals surface area (Å²) in [4.78, 5) is 16.1. The summed E-state index contributed by atoms with van der Waals surface area (Å²) in [5.74, 6) is -0.863. The van der Waals surface area contributed by atoms with Gasteiger partial charge in [-0.3, -0.25) is 0 Å². The van der Waals surface area contributed by atoms with Crippen LogP contribution in [0.2, 0.25) is 0 Å². The van der Waals surface area contributed by atoms with Gasteiger partial charge in [0.05, 0.1) is 18.6 Å². The van der Waals surface area contributed by atoms with Crippen LogP contribution in [0.5, 0.6) is 0 Å². The molecule has 28 heavy (non-hydrogen) atoms. The van der Waals surface area contributed by atoms with E-state index >= 15 is 0 Å². The average Bonchev–Trinajstić information content (AvgIpc) is 2.52. The van der Waals surface area contributed by atoms with Crippen molar-refractivity contribution in [3.8, 4) is 0 Å². The first-order chi connectivity index (χ1) is 13.1. The third kappa shape index (κ3) is 4.41. The zero-order chi connectivity index (χ0) is 20.5. The van der Waals surface area contributed by atoms with Crippen LogP contribution in [0, 0.1) is 12.3 Å². The van der Waals surface area contributed by atoms with Crippen molar-refractivity contribution in [3.63, 3.8) is 0 Å². The molecule has 1 unspecified atom stereocenters. The molecule has 1 aromatic rings. The number of hydrogen-bond donors (Lipinski definition) is 2. The molecule has 4 rings (SSSR count). The second-order valence-corrected chi connectivity index (χ2v) is 8.09. The lowest BCUT2D eigenvalue weighted by Gasteiger charge is -2.56. The van der Waals surface area contributed by atoms with E-state index in [0.29, 0.717) is 17.4 Å². The third-order valence-electron chi connectivity index (χ3n) is 5.63. The number of pyridine rings is 1. The van der Waals surface area contributed by atoms with Gasteiger partial charge in [0.1, 0.15) is 5.82 Å². The van der Waals surface area contributed by atoms with Gasteiger partial charge >= 0.3 is 12.1 Å². The van der Waals surface area contributed by atoms with E-state index in [0.717, 1.165) is 32.8 Å². The molecule has 2 N–H and O–H groups in total. The monoisotopic (exact) mass is 401 g/mol. The van der Waals surface area contributed by atoms with Gasteiger partial charge in [-0.25, -0.2) is 9.78 Å². The minimum absolute atomic E-state index is 0.449. The number of aromatic nitrogens is 1. The van der Waals surface area contributed by atoms with Crippen LogP contribution in [0.4, 0.5) is 19.0 Å². The van der Waals surface area contributed by atoms with Crippen molar-refractivity contribution in [1.29, 1.82) is 0 Å². The highest BCUT2D eigenvalue weighted by Crippen LogP contribution is 2.43. The lowest BCUT2D eigenvalue weighted by atomic mass is 9.77. The number of carboxylic acid groups (broad SMARTS) is 1. The number of piperidine rings is 1. The predicted molar refractivity (Wildman–Crippen MR) is 97.6 cm³/mol. The molecule has 0 aromatic carbocycles. The molecule has 0 amide bonds. The summed E-state index contributed by atoms with van der Waals surface area (Å²) in [6, 6.07) is 2.78. The molecule has 9 heteroatoms. The van der Waals surface area contributed by atoms with Crippen LogP contribution >= 0.6 is 0 Å². The first-order valence-corrected chi connectivity index (χ1v) is 9.43. The predicted octanol–water partition coefficient (Wildman–Crippen LogP) is 2.72. The summed E-state index contributed by atoms with van der Waals surface area (Å²) >= 11 is 0. The molecule has 6 nitrogen and oxygen atoms in total. The number of carboxylic acids is 1. The topological polar surface area (TPSA) is 74.7 Å². The van der Waals surface area contributed by atoms with Crippen molar-refractivity contribution in [2.24, 2.45) is 5.41 Å². The fraction of sp³-hybridized carbons (Fsp3) is 0.684. The Balaban J connectivity index is 0.000000279. The Kier molecular flexibility index (Phi) is 5.86. The molecule has 1 spiro atoms. The molecule has 156 valence electrons. The van der Waals surface area contributed by atoms with Crippen LogP contribution in [0.15, 0.2) is 12.3 Å². The Morgan fingerprint density at radius 1 is 1.39 bits per heavy atom. The summed E-state index contributed by atoms with van der Waals surface area (Å²) in [5, 5.41) is 10.7. The van der Waals surface area contributed by atoms with Gasteiger partial charge in [-0.2, -0.15) is 13.2 Å². The summed E-state index contributed by atoms with van der Waals surface area (Å²) in [6.07, 6.45) is -0.658. The minimum atomic E-state index is -5.08. The maximum Gasteiger partial charge on any atom is 0.490 e. The van der Waals surface area contributed by atoms with E-state index in [-0.39, 0.29) is 0 Å². The van der Waals surface area contributed by atoms with Gasteiger partial charge in [-0.15, -0.1) is 0 Å². The second kappa shape index (κ2) is 7.87. The molecule has 3 aliphatic rings. The van der Waals surface area contributed by atoms with Crippen molar-refractivity contribution in [3.05, 3.63) is 23.4 Å². The Bertz CT molecular complexity index is 714. The first kappa shape index (κ1) is 20.9. The number of anilines is 1. The van der Waals surface area contributed by atoms with E-state index in [2.05, 4.69) is 30.1 Å². The maximum atomic E-state index is 10.6. The molecule has 0 saturated carbocycles. The van der Waals surface area contributed by atoms with E-state index < -0.39 is 12.1 Å². The third-order valence-corrected chi connectivity index (χ3v) is 5.63. The average molecular weight is 401 g/mol. The fourth-order valence-electron chi connectivity index (χ4n) is 4.19. The Hall–Kier alpha value is -1.87. The Morgan fingerprint density at radius 3 is 2.54 bits per heavy atom. The normalized spacial score (nSPS) is 26.0. The SMILES string of the molecule is Cc1ccnc(N2CC3(COC3)C2)c1C1CCN[C@H](C)C1.O=C(O)C(F)(F)F. The van der Waals surface area contributed by atoms with Crippen LogP contribution in [-0.2, 0) is 9.53 Å². The van der Waals surface area contributed by atoms with E-state index in [4.69, 9.17) is 19.6 Å². The van der Waals surface area contributed by atoms with E-state index in [1.165, 1.54) is 29.8 Å². The largest absolute Gasteiger partial charge is 0.490 e. The van der Waals surface area contributed by atoms with E-state index in [9.17, 15) is 13.2 Å². The lowest BCUT2D eigenvalue weighted by Crippen LogP contribution is -2.66. The number of nitrogens with zero attached hydrogens (tertiary/aromatic N) is 2. The molecule has 0 bridgehead atoms. The highest BCUT2D eigenvalue weighted by atomic mass is 19.4. The number of aryl methyl sites for hydroxylation is 1. The molecule has 3 aliphatic heterocycles. The van der Waals surface area contributed by atoms with Crippen molar-refractivity contribution in [2.45, 2.75) is 44.8 Å². The molecule has 4 heterocycles. The number of halogens is 3. The van der Waals surface area contributed by atoms with E-state index in [1.807, 2.05) is 6.20 Å². The van der Waals surface area contributed by atoms with Crippen LogP contribution in [0.3, 0.4) is 0 Å². The summed E-state index contributed by atoms with van der Waals surface area (Å²) in [5.41, 5.74) is 3.36. The number of carbonyl (C=O) groups is 1. The maximum absolute atomic E-state index is 10.6. The molecule has 1 aromatic heterocycles. The summed E-state index contributed by atoms with van der Waals surface area (Å²) < 4.78 is 37.1. The van der Waals surface area contributed by atoms with Gasteiger partial charge in [0.15, 0.2) is 0 Å².